The number of hydrogen-bond donors (Lipinski definition) is 0. The maximum absolute atomic E-state index is 11.9. The van der Waals surface area contributed by atoms with Crippen molar-refractivity contribution in [2.75, 3.05) is 0 Å². The molecule has 9 heteroatoms. The van der Waals surface area contributed by atoms with E-state index in [1.54, 1.807) is 0 Å². The first kappa shape index (κ1) is 17.4. The van der Waals surface area contributed by atoms with Crippen LogP contribution in [0.5, 0.6) is 0 Å². The average molecular weight is 389 g/mol. The van der Waals surface area contributed by atoms with Crippen molar-refractivity contribution in [2.24, 2.45) is 0 Å². The molecule has 0 N–H and O–H groups in total. The summed E-state index contributed by atoms with van der Waals surface area (Å²) in [4.78, 5) is 10.1. The molecule has 1 rings (SSSR count). The van der Waals surface area contributed by atoms with Crippen molar-refractivity contribution in [1.82, 2.24) is 0 Å². The van der Waals surface area contributed by atoms with Crippen LogP contribution in [0.1, 0.15) is 15.9 Å². The molecule has 0 aliphatic heterocycles. The van der Waals surface area contributed by atoms with Crippen molar-refractivity contribution in [2.45, 2.75) is 6.18 Å². The van der Waals surface area contributed by atoms with Gasteiger partial charge in [0.05, 0.1) is 5.56 Å². The number of carbonyl (C=O) groups is 1. The maximum atomic E-state index is 11.9. The van der Waals surface area contributed by atoms with Crippen LogP contribution < -0.4 is 0 Å². The zero-order valence-electron chi connectivity index (χ0n) is 7.94. The molecule has 0 atom stereocenters. The molecule has 0 saturated carbocycles. The number of aldehydes is 1. The van der Waals surface area contributed by atoms with Crippen LogP contribution in [0.3, 0.4) is 0 Å². The summed E-state index contributed by atoms with van der Waals surface area (Å²) >= 11 is 0. The molecule has 17 heavy (non-hydrogen) atoms. The van der Waals surface area contributed by atoms with Crippen molar-refractivity contribution in [3.63, 3.8) is 0 Å². The molecule has 0 heterocycles. The van der Waals surface area contributed by atoms with E-state index in [-0.39, 0.29) is 5.56 Å². The van der Waals surface area contributed by atoms with Gasteiger partial charge in [-0.25, -0.2) is 0 Å². The molecule has 0 spiro atoms. The molecule has 0 aliphatic rings. The first-order valence-corrected chi connectivity index (χ1v) is 14.9. The minimum absolute atomic E-state index is 0.239. The van der Waals surface area contributed by atoms with Crippen LogP contribution in [-0.2, 0) is 6.18 Å². The van der Waals surface area contributed by atoms with E-state index in [4.69, 9.17) is 40.0 Å². The summed E-state index contributed by atoms with van der Waals surface area (Å²) < 4.78 is 35.8. The van der Waals surface area contributed by atoms with Gasteiger partial charge in [-0.15, -0.1) is 0 Å². The van der Waals surface area contributed by atoms with E-state index in [0.29, 0.717) is 6.29 Å². The van der Waals surface area contributed by atoms with E-state index in [1.165, 1.54) is 0 Å². The third-order valence-corrected chi connectivity index (χ3v) is 1.37. The van der Waals surface area contributed by atoms with E-state index < -0.39 is 21.3 Å². The van der Waals surface area contributed by atoms with Crippen molar-refractivity contribution in [1.29, 1.82) is 0 Å². The predicted molar refractivity (Wildman–Crippen MR) is 66.0 cm³/mol. The van der Waals surface area contributed by atoms with Gasteiger partial charge >= 0.3 is 55.8 Å². The molecule has 0 aliphatic carbocycles. The number of benzene rings is 1. The molecule has 0 radical (unpaired) electrons. The summed E-state index contributed by atoms with van der Waals surface area (Å²) in [7, 11) is 16.9. The van der Waals surface area contributed by atoms with Crippen LogP contribution in [0, 0.1) is 0 Å². The molecule has 0 unspecified atom stereocenters. The second-order valence-corrected chi connectivity index (χ2v) is 22.3. The summed E-state index contributed by atoms with van der Waals surface area (Å²) in [6.45, 7) is 0. The van der Waals surface area contributed by atoms with Crippen LogP contribution in [0.4, 0.5) is 13.2 Å². The SMILES string of the molecule is O=Cc1ccc(C(F)(F)F)cc1.[Cl][Ge]([Cl])([Cl])[Cl]. The van der Waals surface area contributed by atoms with E-state index in [1.807, 2.05) is 0 Å². The van der Waals surface area contributed by atoms with Gasteiger partial charge in [0.15, 0.2) is 0 Å². The minimum atomic E-state index is -4.33. The number of alkyl halides is 3. The Morgan fingerprint density at radius 1 is 1.00 bits per heavy atom. The summed E-state index contributed by atoms with van der Waals surface area (Å²) in [5.74, 6) is 0. The third kappa shape index (κ3) is 10.0. The van der Waals surface area contributed by atoms with Crippen molar-refractivity contribution in [3.8, 4) is 0 Å². The molecule has 1 nitrogen and oxygen atoms in total. The van der Waals surface area contributed by atoms with Gasteiger partial charge in [0.1, 0.15) is 6.29 Å². The van der Waals surface area contributed by atoms with Gasteiger partial charge < -0.3 is 0 Å². The molecule has 0 saturated heterocycles. The van der Waals surface area contributed by atoms with E-state index in [2.05, 4.69) is 0 Å². The van der Waals surface area contributed by atoms with Gasteiger partial charge in [0.2, 0.25) is 0 Å². The number of hydrogen-bond acceptors (Lipinski definition) is 1. The van der Waals surface area contributed by atoms with Crippen LogP contribution in [0.25, 0.3) is 0 Å². The average Bonchev–Trinajstić information content (AvgIpc) is 2.14. The van der Waals surface area contributed by atoms with E-state index in [9.17, 15) is 18.0 Å². The standard InChI is InChI=1S/C8H5F3O.Cl4Ge/c9-8(10,11)7-3-1-6(5-12)2-4-7;1-5(2,3)4/h1-5H;. The molecule has 0 amide bonds. The number of carbonyl (C=O) groups excluding carboxylic acids is 1. The van der Waals surface area contributed by atoms with Crippen LogP contribution in [0.15, 0.2) is 24.3 Å². The molecule has 0 aromatic heterocycles. The summed E-state index contributed by atoms with van der Waals surface area (Å²) in [6.07, 6.45) is -3.83. The Morgan fingerprint density at radius 3 is 1.59 bits per heavy atom. The molecule has 0 bridgehead atoms. The normalized spacial score (nSPS) is 11.5. The predicted octanol–water partition coefficient (Wildman–Crippen LogP) is 4.90. The zero-order valence-corrected chi connectivity index (χ0v) is 13.1. The quantitative estimate of drug-likeness (QED) is 0.494. The van der Waals surface area contributed by atoms with Gasteiger partial charge in [-0.2, -0.15) is 13.2 Å². The Balaban J connectivity index is 0.000000437. The Hall–Kier alpha value is 0.383. The zero-order chi connectivity index (χ0) is 13.7. The van der Waals surface area contributed by atoms with Crippen molar-refractivity contribution >= 4 is 55.9 Å². The topological polar surface area (TPSA) is 17.1 Å². The van der Waals surface area contributed by atoms with Gasteiger partial charge in [-0.05, 0) is 12.1 Å². The van der Waals surface area contributed by atoms with Crippen LogP contribution >= 0.6 is 40.0 Å². The first-order valence-electron chi connectivity index (χ1n) is 3.92. The Morgan fingerprint density at radius 2 is 1.35 bits per heavy atom. The van der Waals surface area contributed by atoms with Crippen LogP contribution in [-0.4, -0.2) is 15.8 Å². The molecular weight excluding hydrogens is 384 g/mol. The summed E-state index contributed by atoms with van der Waals surface area (Å²) in [6, 6.07) is 4.03. The van der Waals surface area contributed by atoms with Crippen molar-refractivity contribution < 1.29 is 18.0 Å². The third-order valence-electron chi connectivity index (χ3n) is 1.37. The van der Waals surface area contributed by atoms with Gasteiger partial charge in [-0.3, -0.25) is 4.79 Å². The van der Waals surface area contributed by atoms with E-state index in [0.717, 1.165) is 24.3 Å². The Labute approximate surface area is 115 Å². The molecule has 1 aromatic carbocycles. The van der Waals surface area contributed by atoms with E-state index >= 15 is 0 Å². The first-order chi connectivity index (χ1) is 7.54. The second kappa shape index (κ2) is 7.09. The molecule has 0 fully saturated rings. The van der Waals surface area contributed by atoms with Gasteiger partial charge in [0.25, 0.3) is 0 Å². The fraction of sp³-hybridized carbons (Fsp3) is 0.125. The summed E-state index contributed by atoms with van der Waals surface area (Å²) in [5, 5.41) is 0. The number of halogens is 7. The fourth-order valence-corrected chi connectivity index (χ4v) is 0.751. The van der Waals surface area contributed by atoms with Crippen molar-refractivity contribution in [3.05, 3.63) is 35.4 Å². The monoisotopic (exact) mass is 388 g/mol. The molecular formula is C8H5Cl4F3GeO. The molecule has 1 aromatic rings. The number of rotatable bonds is 1. The Bertz CT molecular complexity index is 355. The van der Waals surface area contributed by atoms with Crippen LogP contribution in [0.2, 0.25) is 0 Å². The van der Waals surface area contributed by atoms with Gasteiger partial charge in [-0.1, -0.05) is 12.1 Å². The molecule has 96 valence electrons. The Kier molecular flexibility index (Phi) is 7.25. The second-order valence-electron chi connectivity index (χ2n) is 2.67. The van der Waals surface area contributed by atoms with Gasteiger partial charge in [0, 0.05) is 5.56 Å². The summed E-state index contributed by atoms with van der Waals surface area (Å²) in [5.41, 5.74) is -0.504. The fourth-order valence-electron chi connectivity index (χ4n) is 0.751.